The summed E-state index contributed by atoms with van der Waals surface area (Å²) in [6.07, 6.45) is 2.06. The Kier molecular flexibility index (Phi) is 4.46. The Morgan fingerprint density at radius 2 is 2.12 bits per heavy atom. The number of benzene rings is 1. The first kappa shape index (κ1) is 15.6. The lowest BCUT2D eigenvalue weighted by molar-refractivity contribution is 0.0904. The van der Waals surface area contributed by atoms with Crippen LogP contribution in [0.2, 0.25) is 0 Å². The molecule has 1 saturated heterocycles. The van der Waals surface area contributed by atoms with Crippen LogP contribution in [0.3, 0.4) is 0 Å². The average molecular weight is 358 g/mol. The fraction of sp³-hybridized carbons (Fsp3) is 0.294. The lowest BCUT2D eigenvalue weighted by atomic mass is 10.1. The largest absolute Gasteiger partial charge is 0.381 e. The number of anilines is 2. The van der Waals surface area contributed by atoms with Gasteiger partial charge in [0.25, 0.3) is 0 Å². The highest BCUT2D eigenvalue weighted by atomic mass is 32.1. The molecule has 3 N–H and O–H groups in total. The van der Waals surface area contributed by atoms with Gasteiger partial charge in [0, 0.05) is 24.9 Å². The molecule has 0 bridgehead atoms. The topological polar surface area (TPSA) is 70.0 Å². The van der Waals surface area contributed by atoms with E-state index in [2.05, 4.69) is 21.7 Å². The van der Waals surface area contributed by atoms with Gasteiger partial charge in [-0.1, -0.05) is 17.4 Å². The van der Waals surface area contributed by atoms with Crippen molar-refractivity contribution in [3.63, 3.8) is 0 Å². The fourth-order valence-electron chi connectivity index (χ4n) is 2.71. The van der Waals surface area contributed by atoms with Gasteiger partial charge >= 0.3 is 0 Å². The maximum absolute atomic E-state index is 8.13. The van der Waals surface area contributed by atoms with E-state index in [1.165, 1.54) is 0 Å². The van der Waals surface area contributed by atoms with Crippen LogP contribution < -0.4 is 10.6 Å². The number of fused-ring (bicyclic) bond motifs is 1. The van der Waals surface area contributed by atoms with Crippen LogP contribution in [-0.4, -0.2) is 30.1 Å². The molecule has 24 heavy (non-hydrogen) atoms. The predicted molar refractivity (Wildman–Crippen MR) is 102 cm³/mol. The highest BCUT2D eigenvalue weighted by molar-refractivity contribution is 7.22. The summed E-state index contributed by atoms with van der Waals surface area (Å²) in [7, 11) is 0. The lowest BCUT2D eigenvalue weighted by Gasteiger charge is -2.22. The molecule has 3 aromatic rings. The van der Waals surface area contributed by atoms with Gasteiger partial charge in [-0.25, -0.2) is 4.98 Å². The van der Waals surface area contributed by atoms with Crippen LogP contribution in [0.1, 0.15) is 17.7 Å². The Bertz CT molecular complexity index is 838. The second kappa shape index (κ2) is 6.88. The van der Waals surface area contributed by atoms with E-state index in [0.717, 1.165) is 52.0 Å². The zero-order valence-electron chi connectivity index (χ0n) is 13.0. The Morgan fingerprint density at radius 3 is 2.92 bits per heavy atom. The summed E-state index contributed by atoms with van der Waals surface area (Å²) in [5, 5.41) is 17.8. The Balaban J connectivity index is 1.49. The molecule has 2 aromatic heterocycles. The molecule has 124 valence electrons. The molecule has 0 aliphatic carbocycles. The summed E-state index contributed by atoms with van der Waals surface area (Å²) in [5.41, 5.74) is 1.91. The van der Waals surface area contributed by atoms with E-state index in [9.17, 15) is 0 Å². The maximum Gasteiger partial charge on any atom is 0.184 e. The molecule has 0 atom stereocenters. The first-order chi connectivity index (χ1) is 11.8. The molecule has 1 aliphatic rings. The summed E-state index contributed by atoms with van der Waals surface area (Å²) >= 11 is 3.22. The smallest absolute Gasteiger partial charge is 0.184 e. The number of hydrogen-bond acceptors (Lipinski definition) is 6. The molecule has 3 heterocycles. The van der Waals surface area contributed by atoms with Gasteiger partial charge in [-0.2, -0.15) is 0 Å². The minimum atomic E-state index is 0.425. The summed E-state index contributed by atoms with van der Waals surface area (Å²) in [6.45, 7) is 1.64. The van der Waals surface area contributed by atoms with Crippen molar-refractivity contribution in [3.05, 3.63) is 40.6 Å². The summed E-state index contributed by atoms with van der Waals surface area (Å²) in [4.78, 5) is 5.60. The van der Waals surface area contributed by atoms with Crippen LogP contribution in [-0.2, 0) is 4.74 Å². The maximum atomic E-state index is 8.13. The average Bonchev–Trinajstić information content (AvgIpc) is 3.24. The van der Waals surface area contributed by atoms with Gasteiger partial charge in [0.05, 0.1) is 15.1 Å². The number of ether oxygens (including phenoxy) is 1. The number of nitrogens with one attached hydrogen (secondary N) is 3. The molecular formula is C17H18N4OS2. The molecule has 4 rings (SSSR count). The van der Waals surface area contributed by atoms with Crippen molar-refractivity contribution in [1.29, 1.82) is 5.41 Å². The fourth-order valence-corrected chi connectivity index (χ4v) is 4.32. The number of hydrogen-bond donors (Lipinski definition) is 3. The van der Waals surface area contributed by atoms with Crippen LogP contribution in [0.15, 0.2) is 35.7 Å². The van der Waals surface area contributed by atoms with Crippen LogP contribution in [0.4, 0.5) is 10.8 Å². The molecule has 1 aliphatic heterocycles. The van der Waals surface area contributed by atoms with Gasteiger partial charge in [-0.3, -0.25) is 5.41 Å². The van der Waals surface area contributed by atoms with E-state index in [-0.39, 0.29) is 0 Å². The number of thiazole rings is 1. The van der Waals surface area contributed by atoms with Crippen LogP contribution >= 0.6 is 22.7 Å². The quantitative estimate of drug-likeness (QED) is 0.478. The Labute approximate surface area is 148 Å². The van der Waals surface area contributed by atoms with Gasteiger partial charge in [-0.05, 0) is 42.5 Å². The van der Waals surface area contributed by atoms with E-state index < -0.39 is 0 Å². The summed E-state index contributed by atoms with van der Waals surface area (Å²) < 4.78 is 6.51. The molecular weight excluding hydrogens is 340 g/mol. The van der Waals surface area contributed by atoms with Crippen molar-refractivity contribution in [3.8, 4) is 0 Å². The normalized spacial score (nSPS) is 15.5. The molecule has 0 spiro atoms. The van der Waals surface area contributed by atoms with Crippen molar-refractivity contribution in [2.24, 2.45) is 0 Å². The van der Waals surface area contributed by atoms with Crippen molar-refractivity contribution in [2.45, 2.75) is 18.9 Å². The van der Waals surface area contributed by atoms with E-state index in [0.29, 0.717) is 11.9 Å². The SMILES string of the molecule is N=C(Nc1ccc2nc(NC3CCOCC3)sc2c1)c1cccs1. The minimum absolute atomic E-state index is 0.425. The van der Waals surface area contributed by atoms with Crippen molar-refractivity contribution in [2.75, 3.05) is 23.8 Å². The van der Waals surface area contributed by atoms with Gasteiger partial charge in [0.1, 0.15) is 5.84 Å². The number of rotatable bonds is 4. The highest BCUT2D eigenvalue weighted by Gasteiger charge is 2.15. The Hall–Kier alpha value is -1.96. The van der Waals surface area contributed by atoms with E-state index in [1.54, 1.807) is 22.7 Å². The molecule has 5 nitrogen and oxygen atoms in total. The van der Waals surface area contributed by atoms with Crippen LogP contribution in [0.5, 0.6) is 0 Å². The summed E-state index contributed by atoms with van der Waals surface area (Å²) in [6, 6.07) is 10.4. The Morgan fingerprint density at radius 1 is 1.25 bits per heavy atom. The van der Waals surface area contributed by atoms with Crippen LogP contribution in [0, 0.1) is 5.41 Å². The molecule has 0 saturated carbocycles. The molecule has 7 heteroatoms. The number of thiophene rings is 1. The van der Waals surface area contributed by atoms with E-state index in [1.807, 2.05) is 29.6 Å². The van der Waals surface area contributed by atoms with Gasteiger partial charge in [0.2, 0.25) is 0 Å². The third-order valence-electron chi connectivity index (χ3n) is 3.97. The van der Waals surface area contributed by atoms with Crippen molar-refractivity contribution < 1.29 is 4.74 Å². The first-order valence-electron chi connectivity index (χ1n) is 7.92. The number of amidine groups is 1. The summed E-state index contributed by atoms with van der Waals surface area (Å²) in [5.74, 6) is 0.425. The zero-order valence-corrected chi connectivity index (χ0v) is 14.7. The van der Waals surface area contributed by atoms with E-state index >= 15 is 0 Å². The zero-order chi connectivity index (χ0) is 16.4. The van der Waals surface area contributed by atoms with Gasteiger partial charge < -0.3 is 15.4 Å². The number of aromatic nitrogens is 1. The monoisotopic (exact) mass is 358 g/mol. The predicted octanol–water partition coefficient (Wildman–Crippen LogP) is 4.39. The second-order valence-corrected chi connectivity index (χ2v) is 7.69. The number of nitrogens with zero attached hydrogens (tertiary/aromatic N) is 1. The third kappa shape index (κ3) is 3.43. The molecule has 0 radical (unpaired) electrons. The van der Waals surface area contributed by atoms with Crippen molar-refractivity contribution >= 4 is 49.5 Å². The second-order valence-electron chi connectivity index (χ2n) is 5.71. The minimum Gasteiger partial charge on any atom is -0.381 e. The lowest BCUT2D eigenvalue weighted by Crippen LogP contribution is -2.27. The van der Waals surface area contributed by atoms with E-state index in [4.69, 9.17) is 10.1 Å². The molecule has 0 amide bonds. The van der Waals surface area contributed by atoms with Crippen LogP contribution in [0.25, 0.3) is 10.2 Å². The molecule has 1 fully saturated rings. The third-order valence-corrected chi connectivity index (χ3v) is 5.81. The first-order valence-corrected chi connectivity index (χ1v) is 9.62. The molecule has 0 unspecified atom stereocenters. The van der Waals surface area contributed by atoms with Gasteiger partial charge in [-0.15, -0.1) is 11.3 Å². The standard InChI is InChI=1S/C17H18N4OS2/c18-16(14-2-1-9-23-14)19-12-3-4-13-15(10-12)24-17(21-13)20-11-5-7-22-8-6-11/h1-4,9-11H,5-8H2,(H2,18,19)(H,20,21). The highest BCUT2D eigenvalue weighted by Crippen LogP contribution is 2.30. The van der Waals surface area contributed by atoms with Gasteiger partial charge in [0.15, 0.2) is 5.13 Å². The molecule has 1 aromatic carbocycles. The van der Waals surface area contributed by atoms with Crippen molar-refractivity contribution in [1.82, 2.24) is 4.98 Å².